The van der Waals surface area contributed by atoms with Gasteiger partial charge in [0.2, 0.25) is 5.91 Å². The van der Waals surface area contributed by atoms with Gasteiger partial charge in [-0.25, -0.2) is 0 Å². The van der Waals surface area contributed by atoms with E-state index < -0.39 is 5.91 Å². The Morgan fingerprint density at radius 2 is 1.90 bits per heavy atom. The lowest BCUT2D eigenvalue weighted by Gasteiger charge is -2.19. The summed E-state index contributed by atoms with van der Waals surface area (Å²) in [5.74, 6) is -0.475. The van der Waals surface area contributed by atoms with Crippen LogP contribution < -0.4 is 16.8 Å². The monoisotopic (exact) mass is 278 g/mol. The van der Waals surface area contributed by atoms with Gasteiger partial charge in [-0.15, -0.1) is 0 Å². The molecule has 1 rings (SSSR count). The maximum Gasteiger partial charge on any atom is 0.250 e. The summed E-state index contributed by atoms with van der Waals surface area (Å²) in [6.07, 6.45) is 0.377. The van der Waals surface area contributed by atoms with E-state index in [4.69, 9.17) is 11.5 Å². The van der Waals surface area contributed by atoms with Crippen LogP contribution >= 0.6 is 0 Å². The van der Waals surface area contributed by atoms with E-state index in [2.05, 4.69) is 5.32 Å². The van der Waals surface area contributed by atoms with Crippen molar-refractivity contribution < 1.29 is 9.59 Å². The van der Waals surface area contributed by atoms with Gasteiger partial charge >= 0.3 is 0 Å². The predicted molar refractivity (Wildman–Crippen MR) is 80.4 cm³/mol. The molecule has 1 aromatic carbocycles. The van der Waals surface area contributed by atoms with E-state index in [1.54, 1.807) is 23.1 Å². The molecule has 0 aromatic heterocycles. The van der Waals surface area contributed by atoms with Crippen LogP contribution in [-0.4, -0.2) is 36.3 Å². The molecule has 20 heavy (non-hydrogen) atoms. The van der Waals surface area contributed by atoms with Gasteiger partial charge in [-0.1, -0.05) is 6.07 Å². The fraction of sp³-hybridized carbons (Fsp3) is 0.429. The molecule has 0 atom stereocenters. The smallest absolute Gasteiger partial charge is 0.250 e. The lowest BCUT2D eigenvalue weighted by atomic mass is 10.1. The van der Waals surface area contributed by atoms with Crippen LogP contribution in [-0.2, 0) is 4.79 Å². The number of primary amides is 1. The second-order valence-electron chi connectivity index (χ2n) is 4.37. The molecule has 1 aromatic rings. The van der Waals surface area contributed by atoms with E-state index in [-0.39, 0.29) is 11.5 Å². The third-order valence-corrected chi connectivity index (χ3v) is 3.14. The number of anilines is 2. The second-order valence-corrected chi connectivity index (χ2v) is 4.37. The molecule has 0 saturated carbocycles. The second kappa shape index (κ2) is 7.37. The summed E-state index contributed by atoms with van der Waals surface area (Å²) < 4.78 is 0. The molecule has 0 aliphatic heterocycles. The topological polar surface area (TPSA) is 101 Å². The maximum atomic E-state index is 11.8. The average molecular weight is 278 g/mol. The van der Waals surface area contributed by atoms with E-state index >= 15 is 0 Å². The maximum absolute atomic E-state index is 11.8. The first kappa shape index (κ1) is 15.8. The molecule has 0 fully saturated rings. The van der Waals surface area contributed by atoms with Gasteiger partial charge in [0.25, 0.3) is 5.91 Å². The lowest BCUT2D eigenvalue weighted by molar-refractivity contribution is -0.130. The summed E-state index contributed by atoms with van der Waals surface area (Å²) in [7, 11) is 0. The van der Waals surface area contributed by atoms with Crippen molar-refractivity contribution in [2.45, 2.75) is 20.3 Å². The predicted octanol–water partition coefficient (Wildman–Crippen LogP) is 1.04. The number of amides is 2. The highest BCUT2D eigenvalue weighted by atomic mass is 16.2. The van der Waals surface area contributed by atoms with Gasteiger partial charge in [0, 0.05) is 26.1 Å². The summed E-state index contributed by atoms with van der Waals surface area (Å²) in [5, 5.41) is 3.06. The highest BCUT2D eigenvalue weighted by Crippen LogP contribution is 2.22. The number of hydrogen-bond donors (Lipinski definition) is 3. The third kappa shape index (κ3) is 3.88. The molecule has 2 amide bonds. The van der Waals surface area contributed by atoms with E-state index in [1.807, 2.05) is 13.8 Å². The highest BCUT2D eigenvalue weighted by molar-refractivity contribution is 6.00. The van der Waals surface area contributed by atoms with Crippen molar-refractivity contribution in [2.75, 3.05) is 30.7 Å². The quantitative estimate of drug-likeness (QED) is 0.648. The van der Waals surface area contributed by atoms with Crippen LogP contribution in [0.5, 0.6) is 0 Å². The van der Waals surface area contributed by atoms with E-state index in [9.17, 15) is 9.59 Å². The molecule has 0 saturated heterocycles. The Kier molecular flexibility index (Phi) is 5.83. The number of nitrogen functional groups attached to an aromatic ring is 1. The van der Waals surface area contributed by atoms with Crippen molar-refractivity contribution in [3.63, 3.8) is 0 Å². The Hall–Kier alpha value is -2.24. The summed E-state index contributed by atoms with van der Waals surface area (Å²) in [4.78, 5) is 24.8. The number of carbonyl (C=O) groups is 2. The van der Waals surface area contributed by atoms with Crippen LogP contribution in [0.1, 0.15) is 30.6 Å². The Morgan fingerprint density at radius 3 is 2.45 bits per heavy atom. The Balaban J connectivity index is 2.61. The first-order valence-electron chi connectivity index (χ1n) is 6.71. The molecule has 0 aliphatic carbocycles. The van der Waals surface area contributed by atoms with Crippen LogP contribution in [0.25, 0.3) is 0 Å². The van der Waals surface area contributed by atoms with Gasteiger partial charge in [-0.3, -0.25) is 9.59 Å². The molecule has 0 radical (unpaired) electrons. The van der Waals surface area contributed by atoms with Crippen molar-refractivity contribution in [1.29, 1.82) is 0 Å². The molecule has 0 bridgehead atoms. The molecule has 0 aliphatic rings. The van der Waals surface area contributed by atoms with Crippen molar-refractivity contribution >= 4 is 23.2 Å². The minimum atomic E-state index is -0.564. The van der Waals surface area contributed by atoms with Crippen molar-refractivity contribution in [2.24, 2.45) is 5.73 Å². The van der Waals surface area contributed by atoms with E-state index in [0.29, 0.717) is 37.4 Å². The minimum Gasteiger partial charge on any atom is -0.396 e. The lowest BCUT2D eigenvalue weighted by Crippen LogP contribution is -2.31. The van der Waals surface area contributed by atoms with E-state index in [1.165, 1.54) is 0 Å². The standard InChI is InChI=1S/C14H22N4O2/c1-3-18(4-2)12(19)8-9-17-11-7-5-6-10(13(11)15)14(16)20/h5-7,17H,3-4,8-9,15H2,1-2H3,(H2,16,20). The Labute approximate surface area is 119 Å². The number of hydrogen-bond acceptors (Lipinski definition) is 4. The van der Waals surface area contributed by atoms with Gasteiger partial charge in [-0.2, -0.15) is 0 Å². The highest BCUT2D eigenvalue weighted by Gasteiger charge is 2.11. The summed E-state index contributed by atoms with van der Waals surface area (Å²) >= 11 is 0. The zero-order valence-electron chi connectivity index (χ0n) is 12.0. The zero-order chi connectivity index (χ0) is 15.1. The third-order valence-electron chi connectivity index (χ3n) is 3.14. The van der Waals surface area contributed by atoms with Gasteiger partial charge in [0.1, 0.15) is 0 Å². The van der Waals surface area contributed by atoms with Crippen LogP contribution in [0.3, 0.4) is 0 Å². The minimum absolute atomic E-state index is 0.0899. The molecule has 6 nitrogen and oxygen atoms in total. The molecule has 110 valence electrons. The first-order valence-corrected chi connectivity index (χ1v) is 6.71. The zero-order valence-corrected chi connectivity index (χ0v) is 12.0. The number of nitrogens with one attached hydrogen (secondary N) is 1. The molecule has 5 N–H and O–H groups in total. The molecule has 0 spiro atoms. The molecular formula is C14H22N4O2. The summed E-state index contributed by atoms with van der Waals surface area (Å²) in [6, 6.07) is 5.03. The number of rotatable bonds is 7. The number of para-hydroxylation sites is 1. The normalized spacial score (nSPS) is 10.1. The van der Waals surface area contributed by atoms with Gasteiger partial charge in [0.05, 0.1) is 16.9 Å². The molecular weight excluding hydrogens is 256 g/mol. The van der Waals surface area contributed by atoms with Crippen LogP contribution in [0.15, 0.2) is 18.2 Å². The number of benzene rings is 1. The largest absolute Gasteiger partial charge is 0.396 e. The Bertz CT molecular complexity index is 484. The summed E-state index contributed by atoms with van der Waals surface area (Å²) in [5.41, 5.74) is 12.3. The van der Waals surface area contributed by atoms with Crippen LogP contribution in [0.2, 0.25) is 0 Å². The van der Waals surface area contributed by atoms with Gasteiger partial charge in [0.15, 0.2) is 0 Å². The average Bonchev–Trinajstić information content (AvgIpc) is 2.41. The van der Waals surface area contributed by atoms with Crippen molar-refractivity contribution in [1.82, 2.24) is 4.90 Å². The van der Waals surface area contributed by atoms with Gasteiger partial charge < -0.3 is 21.7 Å². The summed E-state index contributed by atoms with van der Waals surface area (Å²) in [6.45, 7) is 5.76. The molecule has 0 unspecified atom stereocenters. The fourth-order valence-corrected chi connectivity index (χ4v) is 1.97. The van der Waals surface area contributed by atoms with Crippen LogP contribution in [0.4, 0.5) is 11.4 Å². The number of nitrogens with zero attached hydrogens (tertiary/aromatic N) is 1. The van der Waals surface area contributed by atoms with E-state index in [0.717, 1.165) is 0 Å². The van der Waals surface area contributed by atoms with Gasteiger partial charge in [-0.05, 0) is 26.0 Å². The van der Waals surface area contributed by atoms with Crippen molar-refractivity contribution in [3.8, 4) is 0 Å². The fourth-order valence-electron chi connectivity index (χ4n) is 1.97. The number of carbonyl (C=O) groups excluding carboxylic acids is 2. The molecule has 0 heterocycles. The van der Waals surface area contributed by atoms with Crippen LogP contribution in [0, 0.1) is 0 Å². The number of nitrogens with two attached hydrogens (primary N) is 2. The van der Waals surface area contributed by atoms with Crippen molar-refractivity contribution in [3.05, 3.63) is 23.8 Å². The SMILES string of the molecule is CCN(CC)C(=O)CCNc1cccc(C(N)=O)c1N. The molecule has 6 heteroatoms. The Morgan fingerprint density at radius 1 is 1.25 bits per heavy atom. The first-order chi connectivity index (χ1) is 9.51.